The number of hydrogen-bond acceptors (Lipinski definition) is 4. The maximum Gasteiger partial charge on any atom is 0.241 e. The number of aliphatic hydroxyl groups is 1. The van der Waals surface area contributed by atoms with Gasteiger partial charge in [-0.05, 0) is 47.0 Å². The van der Waals surface area contributed by atoms with E-state index in [1.807, 2.05) is 6.92 Å². The first-order valence-corrected chi connectivity index (χ1v) is 7.87. The van der Waals surface area contributed by atoms with Gasteiger partial charge >= 0.3 is 0 Å². The highest BCUT2D eigenvalue weighted by Crippen LogP contribution is 2.23. The molecule has 5 nitrogen and oxygen atoms in total. The first kappa shape index (κ1) is 15.4. The van der Waals surface area contributed by atoms with E-state index < -0.39 is 16.1 Å². The highest BCUT2D eigenvalue weighted by molar-refractivity contribution is 9.10. The topological polar surface area (TPSA) is 92.4 Å². The Morgan fingerprint density at radius 1 is 1.50 bits per heavy atom. The number of nitrogens with two attached hydrogens (primary N) is 1. The summed E-state index contributed by atoms with van der Waals surface area (Å²) in [4.78, 5) is 0.141. The van der Waals surface area contributed by atoms with E-state index in [2.05, 4.69) is 20.7 Å². The normalized spacial score (nSPS) is 13.5. The van der Waals surface area contributed by atoms with Crippen LogP contribution in [0.1, 0.15) is 19.8 Å². The van der Waals surface area contributed by atoms with Crippen molar-refractivity contribution < 1.29 is 13.5 Å². The van der Waals surface area contributed by atoms with Crippen LogP contribution >= 0.6 is 15.9 Å². The lowest BCUT2D eigenvalue weighted by atomic mass is 10.2. The molecule has 1 aromatic rings. The standard InChI is InChI=1S/C11H17BrN2O3S/c1-2-9(15)5-6-14-18(16,17)11-4-3-8(13)7-10(11)12/h3-4,7,9,14-15H,2,5-6,13H2,1H3. The van der Waals surface area contributed by atoms with Crippen molar-refractivity contribution in [2.75, 3.05) is 12.3 Å². The second-order valence-corrected chi connectivity index (χ2v) is 6.53. The molecule has 0 aliphatic carbocycles. The molecule has 18 heavy (non-hydrogen) atoms. The molecule has 0 amide bonds. The van der Waals surface area contributed by atoms with E-state index >= 15 is 0 Å². The van der Waals surface area contributed by atoms with Gasteiger partial charge in [-0.3, -0.25) is 0 Å². The van der Waals surface area contributed by atoms with Gasteiger partial charge in [0.1, 0.15) is 0 Å². The number of nitrogens with one attached hydrogen (secondary N) is 1. The van der Waals surface area contributed by atoms with Crippen LogP contribution in [0.2, 0.25) is 0 Å². The molecule has 0 spiro atoms. The van der Waals surface area contributed by atoms with Gasteiger partial charge in [0, 0.05) is 16.7 Å². The lowest BCUT2D eigenvalue weighted by Crippen LogP contribution is -2.27. The molecule has 1 atom stereocenters. The largest absolute Gasteiger partial charge is 0.399 e. The number of halogens is 1. The highest BCUT2D eigenvalue weighted by atomic mass is 79.9. The van der Waals surface area contributed by atoms with Gasteiger partial charge in [0.2, 0.25) is 10.0 Å². The van der Waals surface area contributed by atoms with Crippen LogP contribution in [0.25, 0.3) is 0 Å². The molecule has 0 saturated heterocycles. The van der Waals surface area contributed by atoms with Gasteiger partial charge < -0.3 is 10.8 Å². The third kappa shape index (κ3) is 4.24. The van der Waals surface area contributed by atoms with Gasteiger partial charge in [0.15, 0.2) is 0 Å². The maximum absolute atomic E-state index is 12.0. The molecule has 0 radical (unpaired) electrons. The first-order valence-electron chi connectivity index (χ1n) is 5.59. The minimum atomic E-state index is -3.58. The van der Waals surface area contributed by atoms with Crippen LogP contribution < -0.4 is 10.5 Å². The van der Waals surface area contributed by atoms with Crippen molar-refractivity contribution >= 4 is 31.6 Å². The zero-order valence-corrected chi connectivity index (χ0v) is 12.5. The molecule has 4 N–H and O–H groups in total. The summed E-state index contributed by atoms with van der Waals surface area (Å²) in [5.41, 5.74) is 6.04. The van der Waals surface area contributed by atoms with Gasteiger partial charge in [0.25, 0.3) is 0 Å². The highest BCUT2D eigenvalue weighted by Gasteiger charge is 2.17. The average Bonchev–Trinajstić information content (AvgIpc) is 2.27. The minimum absolute atomic E-state index is 0.141. The Labute approximate surface area is 116 Å². The third-order valence-electron chi connectivity index (χ3n) is 2.49. The number of aliphatic hydroxyl groups excluding tert-OH is 1. The molecular weight excluding hydrogens is 320 g/mol. The molecule has 7 heteroatoms. The fraction of sp³-hybridized carbons (Fsp3) is 0.455. The average molecular weight is 337 g/mol. The van der Waals surface area contributed by atoms with Crippen molar-refractivity contribution in [2.45, 2.75) is 30.8 Å². The van der Waals surface area contributed by atoms with Crippen molar-refractivity contribution in [1.82, 2.24) is 4.72 Å². The Bertz CT molecular complexity index is 505. The predicted molar refractivity (Wildman–Crippen MR) is 74.7 cm³/mol. The number of sulfonamides is 1. The second-order valence-electron chi connectivity index (χ2n) is 3.94. The van der Waals surface area contributed by atoms with E-state index in [9.17, 15) is 13.5 Å². The van der Waals surface area contributed by atoms with Gasteiger partial charge in [-0.25, -0.2) is 13.1 Å². The van der Waals surface area contributed by atoms with Crippen molar-refractivity contribution in [3.63, 3.8) is 0 Å². The van der Waals surface area contributed by atoms with Crippen LogP contribution in [0, 0.1) is 0 Å². The molecular formula is C11H17BrN2O3S. The summed E-state index contributed by atoms with van der Waals surface area (Å²) in [6, 6.07) is 4.51. The summed E-state index contributed by atoms with van der Waals surface area (Å²) in [5.74, 6) is 0. The zero-order chi connectivity index (χ0) is 13.8. The number of anilines is 1. The lowest BCUT2D eigenvalue weighted by molar-refractivity contribution is 0.162. The maximum atomic E-state index is 12.0. The summed E-state index contributed by atoms with van der Waals surface area (Å²) in [7, 11) is -3.58. The Kier molecular flexibility index (Phi) is 5.58. The smallest absolute Gasteiger partial charge is 0.241 e. The third-order valence-corrected chi connectivity index (χ3v) is 4.92. The Hall–Kier alpha value is -0.630. The fourth-order valence-corrected chi connectivity index (χ4v) is 3.52. The first-order chi connectivity index (χ1) is 8.36. The molecule has 0 aliphatic heterocycles. The van der Waals surface area contributed by atoms with Crippen LogP contribution in [0.5, 0.6) is 0 Å². The second kappa shape index (κ2) is 6.51. The molecule has 0 fully saturated rings. The Morgan fingerprint density at radius 2 is 2.17 bits per heavy atom. The summed E-state index contributed by atoms with van der Waals surface area (Å²) < 4.78 is 26.8. The summed E-state index contributed by atoms with van der Waals surface area (Å²) >= 11 is 3.17. The van der Waals surface area contributed by atoms with E-state index in [0.717, 1.165) is 0 Å². The Morgan fingerprint density at radius 3 is 2.72 bits per heavy atom. The zero-order valence-electron chi connectivity index (χ0n) is 10.1. The molecule has 0 saturated carbocycles. The van der Waals surface area contributed by atoms with E-state index in [-0.39, 0.29) is 11.4 Å². The van der Waals surface area contributed by atoms with E-state index in [4.69, 9.17) is 5.73 Å². The van der Waals surface area contributed by atoms with Gasteiger partial charge in [0.05, 0.1) is 11.0 Å². The van der Waals surface area contributed by atoms with Crippen molar-refractivity contribution in [2.24, 2.45) is 0 Å². The van der Waals surface area contributed by atoms with Gasteiger partial charge in [-0.15, -0.1) is 0 Å². The quantitative estimate of drug-likeness (QED) is 0.686. The number of benzene rings is 1. The Balaban J connectivity index is 2.74. The van der Waals surface area contributed by atoms with Crippen LogP contribution in [0.15, 0.2) is 27.6 Å². The van der Waals surface area contributed by atoms with E-state index in [1.54, 1.807) is 0 Å². The van der Waals surface area contributed by atoms with Crippen LogP contribution in [0.3, 0.4) is 0 Å². The molecule has 102 valence electrons. The fourth-order valence-electron chi connectivity index (χ4n) is 1.38. The lowest BCUT2D eigenvalue weighted by Gasteiger charge is -2.11. The summed E-state index contributed by atoms with van der Waals surface area (Å²) in [6.07, 6.45) is 0.512. The van der Waals surface area contributed by atoms with Gasteiger partial charge in [-0.2, -0.15) is 0 Å². The number of rotatable bonds is 6. The molecule has 0 aromatic heterocycles. The van der Waals surface area contributed by atoms with Crippen molar-refractivity contribution in [3.05, 3.63) is 22.7 Å². The molecule has 0 aliphatic rings. The summed E-state index contributed by atoms with van der Waals surface area (Å²) in [5, 5.41) is 9.36. The molecule has 0 heterocycles. The number of hydrogen-bond donors (Lipinski definition) is 3. The summed E-state index contributed by atoms with van der Waals surface area (Å²) in [6.45, 7) is 2.05. The molecule has 0 bridgehead atoms. The minimum Gasteiger partial charge on any atom is -0.399 e. The SMILES string of the molecule is CCC(O)CCNS(=O)(=O)c1ccc(N)cc1Br. The molecule has 1 aromatic carbocycles. The predicted octanol–water partition coefficient (Wildman–Crippen LogP) is 1.47. The van der Waals surface area contributed by atoms with Crippen LogP contribution in [-0.4, -0.2) is 26.2 Å². The molecule has 1 unspecified atom stereocenters. The van der Waals surface area contributed by atoms with E-state index in [0.29, 0.717) is 23.0 Å². The van der Waals surface area contributed by atoms with Crippen LogP contribution in [-0.2, 0) is 10.0 Å². The van der Waals surface area contributed by atoms with Crippen LogP contribution in [0.4, 0.5) is 5.69 Å². The van der Waals surface area contributed by atoms with Crippen molar-refractivity contribution in [1.29, 1.82) is 0 Å². The monoisotopic (exact) mass is 336 g/mol. The molecule has 1 rings (SSSR count). The van der Waals surface area contributed by atoms with Gasteiger partial charge in [-0.1, -0.05) is 6.92 Å². The van der Waals surface area contributed by atoms with E-state index in [1.165, 1.54) is 18.2 Å². The number of nitrogen functional groups attached to an aromatic ring is 1. The van der Waals surface area contributed by atoms with Crippen molar-refractivity contribution in [3.8, 4) is 0 Å².